The number of halogens is 1. The van der Waals surface area contributed by atoms with Crippen LogP contribution in [0.2, 0.25) is 0 Å². The molecule has 3 aromatic carbocycles. The highest BCUT2D eigenvalue weighted by Gasteiger charge is 2.17. The van der Waals surface area contributed by atoms with Gasteiger partial charge in [0.2, 0.25) is 0 Å². The molecule has 8 heteroatoms. The van der Waals surface area contributed by atoms with Crippen molar-refractivity contribution in [1.29, 1.82) is 0 Å². The summed E-state index contributed by atoms with van der Waals surface area (Å²) in [5, 5.41) is 13.4. The predicted octanol–water partition coefficient (Wildman–Crippen LogP) is 4.71. The summed E-state index contributed by atoms with van der Waals surface area (Å²) in [4.78, 5) is 12.4. The zero-order chi connectivity index (χ0) is 22.3. The van der Waals surface area contributed by atoms with Gasteiger partial charge in [0.05, 0.1) is 11.5 Å². The van der Waals surface area contributed by atoms with Crippen molar-refractivity contribution in [3.05, 3.63) is 96.3 Å². The number of carbonyl (C=O) groups excluding carboxylic acids is 1. The van der Waals surface area contributed by atoms with E-state index < -0.39 is 0 Å². The number of para-hydroxylation sites is 1. The van der Waals surface area contributed by atoms with Gasteiger partial charge in [0, 0.05) is 11.3 Å². The molecule has 1 heterocycles. The van der Waals surface area contributed by atoms with Crippen molar-refractivity contribution in [3.63, 3.8) is 0 Å². The van der Waals surface area contributed by atoms with Gasteiger partial charge < -0.3 is 0 Å². The van der Waals surface area contributed by atoms with E-state index in [4.69, 9.17) is 0 Å². The van der Waals surface area contributed by atoms with Crippen molar-refractivity contribution in [2.24, 2.45) is 5.10 Å². The number of rotatable bonds is 7. The van der Waals surface area contributed by atoms with Crippen molar-refractivity contribution in [2.45, 2.75) is 12.1 Å². The van der Waals surface area contributed by atoms with Crippen LogP contribution in [0.25, 0.3) is 17.1 Å². The van der Waals surface area contributed by atoms with Crippen molar-refractivity contribution >= 4 is 23.4 Å². The summed E-state index contributed by atoms with van der Waals surface area (Å²) in [5.41, 5.74) is 5.70. The normalized spacial score (nSPS) is 11.4. The third-order valence-corrected chi connectivity index (χ3v) is 5.55. The number of amides is 1. The number of hydrazone groups is 1. The fraction of sp³-hybridized carbons (Fsp3) is 0.0833. The average Bonchev–Trinajstić information content (AvgIpc) is 3.27. The Morgan fingerprint density at radius 1 is 0.969 bits per heavy atom. The molecular formula is C24H20FN5OS. The monoisotopic (exact) mass is 445 g/mol. The van der Waals surface area contributed by atoms with E-state index in [1.54, 1.807) is 19.1 Å². The van der Waals surface area contributed by atoms with Crippen LogP contribution in [-0.4, -0.2) is 32.1 Å². The van der Waals surface area contributed by atoms with E-state index in [0.717, 1.165) is 16.8 Å². The highest BCUT2D eigenvalue weighted by Crippen LogP contribution is 2.27. The SMILES string of the molecule is C/C(=N\NC(=O)CSc1nnc(-c2ccccc2)n1-c1ccccc1)c1ccc(F)cc1. The lowest BCUT2D eigenvalue weighted by atomic mass is 10.1. The molecule has 0 bridgehead atoms. The first-order valence-electron chi connectivity index (χ1n) is 9.90. The molecule has 1 amide bonds. The van der Waals surface area contributed by atoms with Crippen molar-refractivity contribution in [2.75, 3.05) is 5.75 Å². The van der Waals surface area contributed by atoms with Crippen LogP contribution >= 0.6 is 11.8 Å². The first-order chi connectivity index (χ1) is 15.6. The summed E-state index contributed by atoms with van der Waals surface area (Å²) in [6, 6.07) is 25.5. The first-order valence-corrected chi connectivity index (χ1v) is 10.9. The molecule has 0 saturated heterocycles. The van der Waals surface area contributed by atoms with Gasteiger partial charge in [-0.1, -0.05) is 72.4 Å². The molecule has 32 heavy (non-hydrogen) atoms. The van der Waals surface area contributed by atoms with Gasteiger partial charge in [-0.15, -0.1) is 10.2 Å². The molecule has 0 radical (unpaired) electrons. The second-order valence-corrected chi connectivity index (χ2v) is 7.81. The minimum atomic E-state index is -0.320. The van der Waals surface area contributed by atoms with Gasteiger partial charge in [0.25, 0.3) is 5.91 Å². The van der Waals surface area contributed by atoms with Crippen LogP contribution in [-0.2, 0) is 4.79 Å². The number of carbonyl (C=O) groups is 1. The van der Waals surface area contributed by atoms with Crippen LogP contribution in [0.5, 0.6) is 0 Å². The van der Waals surface area contributed by atoms with Crippen LogP contribution in [0.3, 0.4) is 0 Å². The fourth-order valence-electron chi connectivity index (χ4n) is 3.01. The third kappa shape index (κ3) is 5.09. The Morgan fingerprint density at radius 3 is 2.31 bits per heavy atom. The van der Waals surface area contributed by atoms with E-state index in [9.17, 15) is 9.18 Å². The lowest BCUT2D eigenvalue weighted by molar-refractivity contribution is -0.118. The predicted molar refractivity (Wildman–Crippen MR) is 124 cm³/mol. The van der Waals surface area contributed by atoms with Crippen molar-refractivity contribution < 1.29 is 9.18 Å². The maximum absolute atomic E-state index is 13.1. The summed E-state index contributed by atoms with van der Waals surface area (Å²) in [5.74, 6) is 0.213. The van der Waals surface area contributed by atoms with Crippen molar-refractivity contribution in [3.8, 4) is 17.1 Å². The number of hydrogen-bond donors (Lipinski definition) is 1. The van der Waals surface area contributed by atoms with E-state index in [2.05, 4.69) is 20.7 Å². The molecule has 4 aromatic rings. The lowest BCUT2D eigenvalue weighted by Gasteiger charge is -2.10. The van der Waals surface area contributed by atoms with Crippen LogP contribution in [0.1, 0.15) is 12.5 Å². The van der Waals surface area contributed by atoms with Gasteiger partial charge in [-0.25, -0.2) is 9.82 Å². The number of aromatic nitrogens is 3. The van der Waals surface area contributed by atoms with Crippen LogP contribution in [0.15, 0.2) is 95.2 Å². The molecule has 0 atom stereocenters. The van der Waals surface area contributed by atoms with Gasteiger partial charge in [-0.2, -0.15) is 5.10 Å². The molecule has 0 aliphatic heterocycles. The number of nitrogens with zero attached hydrogens (tertiary/aromatic N) is 4. The van der Waals surface area contributed by atoms with Crippen LogP contribution in [0, 0.1) is 5.82 Å². The van der Waals surface area contributed by atoms with Gasteiger partial charge in [0.15, 0.2) is 11.0 Å². The Hall–Kier alpha value is -3.78. The Balaban J connectivity index is 1.49. The number of thioether (sulfide) groups is 1. The van der Waals surface area contributed by atoms with Crippen molar-refractivity contribution in [1.82, 2.24) is 20.2 Å². The van der Waals surface area contributed by atoms with Gasteiger partial charge in [-0.05, 0) is 36.8 Å². The Bertz CT molecular complexity index is 1220. The molecule has 0 unspecified atom stereocenters. The van der Waals surface area contributed by atoms with E-state index in [-0.39, 0.29) is 17.5 Å². The molecule has 1 aromatic heterocycles. The fourth-order valence-corrected chi connectivity index (χ4v) is 3.76. The molecule has 0 fully saturated rings. The molecule has 6 nitrogen and oxygen atoms in total. The average molecular weight is 446 g/mol. The molecule has 160 valence electrons. The zero-order valence-corrected chi connectivity index (χ0v) is 18.1. The van der Waals surface area contributed by atoms with E-state index in [1.807, 2.05) is 65.2 Å². The third-order valence-electron chi connectivity index (χ3n) is 4.62. The van der Waals surface area contributed by atoms with E-state index >= 15 is 0 Å². The molecule has 4 rings (SSSR count). The summed E-state index contributed by atoms with van der Waals surface area (Å²) in [6.07, 6.45) is 0. The molecule has 1 N–H and O–H groups in total. The van der Waals surface area contributed by atoms with Gasteiger partial charge in [0.1, 0.15) is 5.82 Å². The Labute approximate surface area is 189 Å². The Kier molecular flexibility index (Phi) is 6.72. The summed E-state index contributed by atoms with van der Waals surface area (Å²) >= 11 is 1.27. The maximum atomic E-state index is 13.1. The zero-order valence-electron chi connectivity index (χ0n) is 17.3. The van der Waals surface area contributed by atoms with E-state index in [1.165, 1.54) is 23.9 Å². The summed E-state index contributed by atoms with van der Waals surface area (Å²) in [7, 11) is 0. The van der Waals surface area contributed by atoms with Crippen LogP contribution < -0.4 is 5.43 Å². The Morgan fingerprint density at radius 2 is 1.62 bits per heavy atom. The lowest BCUT2D eigenvalue weighted by Crippen LogP contribution is -2.21. The van der Waals surface area contributed by atoms with Gasteiger partial charge in [-0.3, -0.25) is 9.36 Å². The van der Waals surface area contributed by atoms with E-state index in [0.29, 0.717) is 16.7 Å². The summed E-state index contributed by atoms with van der Waals surface area (Å²) < 4.78 is 15.0. The summed E-state index contributed by atoms with van der Waals surface area (Å²) in [6.45, 7) is 1.75. The number of benzene rings is 3. The highest BCUT2D eigenvalue weighted by molar-refractivity contribution is 7.99. The molecule has 0 aliphatic carbocycles. The second-order valence-electron chi connectivity index (χ2n) is 6.87. The minimum Gasteiger partial charge on any atom is -0.272 e. The quantitative estimate of drug-likeness (QED) is 0.254. The molecular weight excluding hydrogens is 425 g/mol. The topological polar surface area (TPSA) is 72.2 Å². The number of nitrogens with one attached hydrogen (secondary N) is 1. The maximum Gasteiger partial charge on any atom is 0.250 e. The molecule has 0 aliphatic rings. The largest absolute Gasteiger partial charge is 0.272 e. The number of hydrogen-bond acceptors (Lipinski definition) is 5. The first kappa shape index (κ1) is 21.5. The molecule has 0 spiro atoms. The smallest absolute Gasteiger partial charge is 0.250 e. The van der Waals surface area contributed by atoms with Gasteiger partial charge >= 0.3 is 0 Å². The second kappa shape index (κ2) is 10.0. The standard InChI is InChI=1S/C24H20FN5OS/c1-17(18-12-14-20(25)15-13-18)26-27-22(31)16-32-24-29-28-23(19-8-4-2-5-9-19)30(24)21-10-6-3-7-11-21/h2-15H,16H2,1H3,(H,27,31)/b26-17+. The van der Waals surface area contributed by atoms with Crippen LogP contribution in [0.4, 0.5) is 4.39 Å². The highest BCUT2D eigenvalue weighted by atomic mass is 32.2. The minimum absolute atomic E-state index is 0.111. The molecule has 0 saturated carbocycles.